The number of rotatable bonds is 6. The molecule has 0 amide bonds. The molecule has 0 aliphatic carbocycles. The molecule has 11 heteroatoms. The average Bonchev–Trinajstić information content (AvgIpc) is 3.38. The van der Waals surface area contributed by atoms with Crippen LogP contribution in [-0.2, 0) is 13.6 Å². The lowest BCUT2D eigenvalue weighted by atomic mass is 10.2. The van der Waals surface area contributed by atoms with Crippen LogP contribution in [0.4, 0.5) is 5.95 Å². The maximum absolute atomic E-state index is 12.6. The molecule has 1 atom stereocenters. The third-order valence-electron chi connectivity index (χ3n) is 4.87. The van der Waals surface area contributed by atoms with Gasteiger partial charge in [0.1, 0.15) is 5.01 Å². The van der Waals surface area contributed by atoms with Gasteiger partial charge in [0.25, 0.3) is 5.56 Å². The Bertz CT molecular complexity index is 1110. The quantitative estimate of drug-likeness (QED) is 0.603. The van der Waals surface area contributed by atoms with E-state index in [9.17, 15) is 9.59 Å². The SMILES string of the molecule is Cc1nnc(SC[C@@H](C)Cn2c(N3CCCC3)nc3c2c(=O)[nH]c(=O)n3C)s1. The number of aryl methyl sites for hydroxylation is 2. The number of nitrogens with zero attached hydrogens (tertiary/aromatic N) is 6. The third kappa shape index (κ3) is 3.60. The summed E-state index contributed by atoms with van der Waals surface area (Å²) in [6, 6.07) is 0. The first-order valence-corrected chi connectivity index (χ1v) is 11.1. The molecule has 0 aromatic carbocycles. The predicted molar refractivity (Wildman–Crippen MR) is 112 cm³/mol. The summed E-state index contributed by atoms with van der Waals surface area (Å²) in [5.74, 6) is 1.92. The van der Waals surface area contributed by atoms with Crippen LogP contribution in [-0.4, -0.2) is 48.1 Å². The number of aromatic amines is 1. The van der Waals surface area contributed by atoms with Crippen LogP contribution < -0.4 is 16.1 Å². The molecule has 0 unspecified atom stereocenters. The van der Waals surface area contributed by atoms with Crippen LogP contribution >= 0.6 is 23.1 Å². The van der Waals surface area contributed by atoms with Gasteiger partial charge >= 0.3 is 5.69 Å². The summed E-state index contributed by atoms with van der Waals surface area (Å²) in [5.41, 5.74) is 0.0869. The summed E-state index contributed by atoms with van der Waals surface area (Å²) in [5, 5.41) is 9.17. The van der Waals surface area contributed by atoms with Gasteiger partial charge < -0.3 is 9.47 Å². The molecule has 1 aliphatic heterocycles. The highest BCUT2D eigenvalue weighted by Crippen LogP contribution is 2.27. The highest BCUT2D eigenvalue weighted by atomic mass is 32.2. The first-order chi connectivity index (χ1) is 13.4. The van der Waals surface area contributed by atoms with Gasteiger partial charge in [-0.1, -0.05) is 30.0 Å². The van der Waals surface area contributed by atoms with Crippen LogP contribution in [0.25, 0.3) is 11.2 Å². The van der Waals surface area contributed by atoms with E-state index in [2.05, 4.69) is 27.0 Å². The zero-order valence-electron chi connectivity index (χ0n) is 16.1. The van der Waals surface area contributed by atoms with Crippen LogP contribution in [0.1, 0.15) is 24.8 Å². The van der Waals surface area contributed by atoms with Gasteiger partial charge in [0, 0.05) is 32.4 Å². The summed E-state index contributed by atoms with van der Waals surface area (Å²) >= 11 is 3.27. The van der Waals surface area contributed by atoms with E-state index in [4.69, 9.17) is 4.98 Å². The molecule has 0 bridgehead atoms. The number of hydrogen-bond acceptors (Lipinski definition) is 8. The minimum atomic E-state index is -0.439. The second kappa shape index (κ2) is 7.70. The largest absolute Gasteiger partial charge is 0.342 e. The fraction of sp³-hybridized carbons (Fsp3) is 0.588. The van der Waals surface area contributed by atoms with Crippen LogP contribution in [0.3, 0.4) is 0 Å². The molecule has 9 nitrogen and oxygen atoms in total. The molecule has 1 N–H and O–H groups in total. The average molecular weight is 422 g/mol. The molecule has 1 fully saturated rings. The van der Waals surface area contributed by atoms with Crippen molar-refractivity contribution in [3.63, 3.8) is 0 Å². The fourth-order valence-corrected chi connectivity index (χ4v) is 5.32. The molecule has 0 radical (unpaired) electrons. The van der Waals surface area contributed by atoms with Crippen molar-refractivity contribution in [2.24, 2.45) is 13.0 Å². The number of anilines is 1. The molecule has 0 saturated carbocycles. The maximum Gasteiger partial charge on any atom is 0.329 e. The summed E-state index contributed by atoms with van der Waals surface area (Å²) in [6.07, 6.45) is 2.22. The molecule has 4 rings (SSSR count). The van der Waals surface area contributed by atoms with Crippen molar-refractivity contribution in [2.75, 3.05) is 23.7 Å². The smallest absolute Gasteiger partial charge is 0.329 e. The second-order valence-electron chi connectivity index (χ2n) is 7.21. The molecule has 1 saturated heterocycles. The number of aromatic nitrogens is 6. The van der Waals surface area contributed by atoms with Crippen molar-refractivity contribution in [3.8, 4) is 0 Å². The molecular formula is C17H23N7O2S2. The van der Waals surface area contributed by atoms with E-state index >= 15 is 0 Å². The summed E-state index contributed by atoms with van der Waals surface area (Å²) in [4.78, 5) is 33.9. The minimum Gasteiger partial charge on any atom is -0.342 e. The standard InChI is InChI=1S/C17H23N7O2S2/c1-10(9-27-17-21-20-11(2)28-17)8-24-12-13(22(3)16(26)19-14(12)25)18-15(24)23-6-4-5-7-23/h10H,4-9H2,1-3H3,(H,19,25,26)/t10-/m0/s1. The zero-order chi connectivity index (χ0) is 19.8. The molecule has 3 aromatic heterocycles. The van der Waals surface area contributed by atoms with Crippen molar-refractivity contribution in [1.29, 1.82) is 0 Å². The Morgan fingerprint density at radius 1 is 1.25 bits per heavy atom. The van der Waals surface area contributed by atoms with E-state index in [0.29, 0.717) is 17.7 Å². The van der Waals surface area contributed by atoms with Crippen LogP contribution in [0.15, 0.2) is 13.9 Å². The van der Waals surface area contributed by atoms with Gasteiger partial charge in [0.2, 0.25) is 5.95 Å². The van der Waals surface area contributed by atoms with E-state index in [0.717, 1.165) is 47.0 Å². The fourth-order valence-electron chi connectivity index (χ4n) is 3.47. The van der Waals surface area contributed by atoms with Gasteiger partial charge in [-0.25, -0.2) is 4.79 Å². The summed E-state index contributed by atoms with van der Waals surface area (Å²) in [6.45, 7) is 6.58. The first-order valence-electron chi connectivity index (χ1n) is 9.31. The second-order valence-corrected chi connectivity index (χ2v) is 9.66. The van der Waals surface area contributed by atoms with Crippen molar-refractivity contribution >= 4 is 40.2 Å². The lowest BCUT2D eigenvalue weighted by Crippen LogP contribution is -2.30. The van der Waals surface area contributed by atoms with E-state index in [1.54, 1.807) is 30.1 Å². The molecule has 150 valence electrons. The molecule has 0 spiro atoms. The van der Waals surface area contributed by atoms with Crippen LogP contribution in [0.5, 0.6) is 0 Å². The summed E-state index contributed by atoms with van der Waals surface area (Å²) in [7, 11) is 1.64. The van der Waals surface area contributed by atoms with Gasteiger partial charge in [-0.15, -0.1) is 10.2 Å². The monoisotopic (exact) mass is 421 g/mol. The van der Waals surface area contributed by atoms with Crippen molar-refractivity contribution in [1.82, 2.24) is 29.3 Å². The topological polar surface area (TPSA) is 102 Å². The van der Waals surface area contributed by atoms with E-state index < -0.39 is 5.69 Å². The van der Waals surface area contributed by atoms with Gasteiger partial charge in [-0.05, 0) is 25.7 Å². The Labute approximate surface area is 169 Å². The number of thioether (sulfide) groups is 1. The Morgan fingerprint density at radius 3 is 2.68 bits per heavy atom. The van der Waals surface area contributed by atoms with Gasteiger partial charge in [-0.3, -0.25) is 14.3 Å². The Hall–Kier alpha value is -2.14. The van der Waals surface area contributed by atoms with Crippen LogP contribution in [0, 0.1) is 12.8 Å². The lowest BCUT2D eigenvalue weighted by molar-refractivity contribution is 0.537. The molecule has 3 aromatic rings. The first kappa shape index (κ1) is 19.2. The molecule has 28 heavy (non-hydrogen) atoms. The Balaban J connectivity index is 1.67. The molecular weight excluding hydrogens is 398 g/mol. The van der Waals surface area contributed by atoms with Crippen LogP contribution in [0.2, 0.25) is 0 Å². The maximum atomic E-state index is 12.6. The number of nitrogens with one attached hydrogen (secondary N) is 1. The van der Waals surface area contributed by atoms with Gasteiger partial charge in [-0.2, -0.15) is 4.98 Å². The highest BCUT2D eigenvalue weighted by molar-refractivity contribution is 8.01. The van der Waals surface area contributed by atoms with Crippen molar-refractivity contribution in [2.45, 2.75) is 37.6 Å². The number of H-pyrrole nitrogens is 1. The number of imidazole rings is 1. The van der Waals surface area contributed by atoms with Gasteiger partial charge in [0.05, 0.1) is 0 Å². The number of hydrogen-bond donors (Lipinski definition) is 1. The van der Waals surface area contributed by atoms with E-state index in [1.165, 1.54) is 4.57 Å². The predicted octanol–water partition coefficient (Wildman–Crippen LogP) is 1.61. The van der Waals surface area contributed by atoms with E-state index in [1.807, 2.05) is 11.5 Å². The molecule has 1 aliphatic rings. The normalized spacial score (nSPS) is 15.6. The third-order valence-corrected chi connectivity index (χ3v) is 7.17. The lowest BCUT2D eigenvalue weighted by Gasteiger charge is -2.20. The van der Waals surface area contributed by atoms with E-state index in [-0.39, 0.29) is 11.5 Å². The van der Waals surface area contributed by atoms with Crippen molar-refractivity contribution < 1.29 is 0 Å². The zero-order valence-corrected chi connectivity index (χ0v) is 17.8. The Morgan fingerprint density at radius 2 is 2.00 bits per heavy atom. The Kier molecular flexibility index (Phi) is 5.28. The van der Waals surface area contributed by atoms with Crippen molar-refractivity contribution in [3.05, 3.63) is 25.8 Å². The highest BCUT2D eigenvalue weighted by Gasteiger charge is 2.24. The minimum absolute atomic E-state index is 0.282. The number of fused-ring (bicyclic) bond motifs is 1. The summed E-state index contributed by atoms with van der Waals surface area (Å²) < 4.78 is 4.35. The molecule has 4 heterocycles. The van der Waals surface area contributed by atoms with Gasteiger partial charge in [0.15, 0.2) is 15.5 Å².